The van der Waals surface area contributed by atoms with Crippen LogP contribution in [0.4, 0.5) is 0 Å². The first-order chi connectivity index (χ1) is 6.40. The average molecular weight is 255 g/mol. The van der Waals surface area contributed by atoms with Crippen LogP contribution in [0.15, 0.2) is 12.1 Å². The second-order valence-electron chi connectivity index (χ2n) is 3.29. The molecule has 14 heavy (non-hydrogen) atoms. The molecular formula is C9H10Cl3NO. The fraction of sp³-hybridized carbons (Fsp3) is 0.333. The molecule has 0 fully saturated rings. The Kier molecular flexibility index (Phi) is 3.67. The van der Waals surface area contributed by atoms with Gasteiger partial charge in [0, 0.05) is 10.6 Å². The van der Waals surface area contributed by atoms with E-state index in [2.05, 4.69) is 0 Å². The third-order valence-corrected chi connectivity index (χ3v) is 3.06. The van der Waals surface area contributed by atoms with Crippen LogP contribution in [0.2, 0.25) is 15.1 Å². The van der Waals surface area contributed by atoms with Gasteiger partial charge in [0.1, 0.15) is 0 Å². The molecule has 1 rings (SSSR count). The Morgan fingerprint density at radius 2 is 1.79 bits per heavy atom. The molecule has 0 saturated carbocycles. The summed E-state index contributed by atoms with van der Waals surface area (Å²) in [5, 5.41) is 10.2. The van der Waals surface area contributed by atoms with Crippen LogP contribution in [0, 0.1) is 0 Å². The highest BCUT2D eigenvalue weighted by molar-refractivity contribution is 6.44. The quantitative estimate of drug-likeness (QED) is 0.797. The number of rotatable bonds is 2. The van der Waals surface area contributed by atoms with Crippen LogP contribution in [0.5, 0.6) is 0 Å². The van der Waals surface area contributed by atoms with Crippen molar-refractivity contribution < 1.29 is 5.11 Å². The Balaban J connectivity index is 3.40. The van der Waals surface area contributed by atoms with Crippen LogP contribution in [-0.2, 0) is 5.54 Å². The second kappa shape index (κ2) is 4.25. The van der Waals surface area contributed by atoms with Gasteiger partial charge in [0.15, 0.2) is 0 Å². The summed E-state index contributed by atoms with van der Waals surface area (Å²) >= 11 is 17.7. The molecule has 2 nitrogen and oxygen atoms in total. The number of hydrogen-bond acceptors (Lipinski definition) is 2. The monoisotopic (exact) mass is 253 g/mol. The van der Waals surface area contributed by atoms with E-state index >= 15 is 0 Å². The fourth-order valence-corrected chi connectivity index (χ4v) is 2.09. The van der Waals surface area contributed by atoms with Gasteiger partial charge in [-0.2, -0.15) is 0 Å². The molecule has 3 N–H and O–H groups in total. The van der Waals surface area contributed by atoms with Gasteiger partial charge >= 0.3 is 0 Å². The van der Waals surface area contributed by atoms with Gasteiger partial charge in [-0.25, -0.2) is 0 Å². The lowest BCUT2D eigenvalue weighted by atomic mass is 9.94. The number of benzene rings is 1. The molecule has 1 aromatic carbocycles. The van der Waals surface area contributed by atoms with Gasteiger partial charge in [0.2, 0.25) is 0 Å². The average Bonchev–Trinajstić information content (AvgIpc) is 2.12. The molecule has 0 aliphatic rings. The van der Waals surface area contributed by atoms with E-state index in [1.165, 1.54) is 0 Å². The van der Waals surface area contributed by atoms with E-state index in [4.69, 9.17) is 45.6 Å². The maximum absolute atomic E-state index is 9.10. The summed E-state index contributed by atoms with van der Waals surface area (Å²) in [7, 11) is 0. The minimum absolute atomic E-state index is 0.257. The lowest BCUT2D eigenvalue weighted by Gasteiger charge is -2.25. The van der Waals surface area contributed by atoms with Gasteiger partial charge in [0.25, 0.3) is 0 Å². The van der Waals surface area contributed by atoms with Gasteiger partial charge in [-0.3, -0.25) is 0 Å². The molecule has 78 valence electrons. The molecule has 1 aromatic rings. The highest BCUT2D eigenvalue weighted by Gasteiger charge is 2.26. The summed E-state index contributed by atoms with van der Waals surface area (Å²) < 4.78 is 0. The number of aliphatic hydroxyl groups is 1. The second-order valence-corrected chi connectivity index (χ2v) is 4.49. The van der Waals surface area contributed by atoms with Crippen molar-refractivity contribution in [2.24, 2.45) is 5.73 Å². The first kappa shape index (κ1) is 12.1. The zero-order chi connectivity index (χ0) is 10.9. The Labute approximate surface area is 97.6 Å². The summed E-state index contributed by atoms with van der Waals surface area (Å²) in [4.78, 5) is 0. The van der Waals surface area contributed by atoms with Crippen molar-refractivity contribution >= 4 is 34.8 Å². The molecule has 0 heterocycles. The van der Waals surface area contributed by atoms with E-state index in [0.29, 0.717) is 20.6 Å². The highest BCUT2D eigenvalue weighted by Crippen LogP contribution is 2.36. The first-order valence-electron chi connectivity index (χ1n) is 3.94. The maximum atomic E-state index is 9.10. The van der Waals surface area contributed by atoms with Gasteiger partial charge < -0.3 is 10.8 Å². The standard InChI is InChI=1S/C9H10Cl3NO/c1-9(13,4-14)7-5(10)2-3-6(11)8(7)12/h2-3,14H,4,13H2,1H3. The Morgan fingerprint density at radius 1 is 1.29 bits per heavy atom. The third-order valence-electron chi connectivity index (χ3n) is 1.94. The lowest BCUT2D eigenvalue weighted by Crippen LogP contribution is -2.37. The zero-order valence-electron chi connectivity index (χ0n) is 7.52. The molecule has 0 saturated heterocycles. The smallest absolute Gasteiger partial charge is 0.0658 e. The number of hydrogen-bond donors (Lipinski definition) is 2. The predicted molar refractivity (Wildman–Crippen MR) is 60.1 cm³/mol. The largest absolute Gasteiger partial charge is 0.394 e. The fourth-order valence-electron chi connectivity index (χ4n) is 1.13. The van der Waals surface area contributed by atoms with Crippen LogP contribution < -0.4 is 5.73 Å². The van der Waals surface area contributed by atoms with Gasteiger partial charge in [-0.1, -0.05) is 34.8 Å². The molecule has 0 radical (unpaired) electrons. The van der Waals surface area contributed by atoms with Crippen molar-refractivity contribution in [1.29, 1.82) is 0 Å². The minimum Gasteiger partial charge on any atom is -0.394 e. The van der Waals surface area contributed by atoms with Crippen molar-refractivity contribution in [3.05, 3.63) is 32.8 Å². The number of halogens is 3. The summed E-state index contributed by atoms with van der Waals surface area (Å²) in [6, 6.07) is 3.19. The Hall–Kier alpha value is 0.01000. The third kappa shape index (κ3) is 2.15. The predicted octanol–water partition coefficient (Wildman–Crippen LogP) is 2.81. The van der Waals surface area contributed by atoms with Gasteiger partial charge in [-0.05, 0) is 19.1 Å². The molecule has 0 amide bonds. The zero-order valence-corrected chi connectivity index (χ0v) is 9.79. The summed E-state index contributed by atoms with van der Waals surface area (Å²) in [6.45, 7) is 1.38. The first-order valence-corrected chi connectivity index (χ1v) is 5.07. The summed E-state index contributed by atoms with van der Waals surface area (Å²) in [5.41, 5.74) is 5.31. The van der Waals surface area contributed by atoms with Crippen LogP contribution >= 0.6 is 34.8 Å². The molecule has 1 unspecified atom stereocenters. The van der Waals surface area contributed by atoms with Crippen molar-refractivity contribution in [1.82, 2.24) is 0 Å². The lowest BCUT2D eigenvalue weighted by molar-refractivity contribution is 0.210. The molecule has 0 aliphatic carbocycles. The Bertz CT molecular complexity index is 352. The maximum Gasteiger partial charge on any atom is 0.0658 e. The van der Waals surface area contributed by atoms with Crippen LogP contribution in [0.1, 0.15) is 12.5 Å². The van der Waals surface area contributed by atoms with E-state index in [1.807, 2.05) is 0 Å². The van der Waals surface area contributed by atoms with Crippen LogP contribution in [-0.4, -0.2) is 11.7 Å². The summed E-state index contributed by atoms with van der Waals surface area (Å²) in [6.07, 6.45) is 0. The van der Waals surface area contributed by atoms with E-state index in [0.717, 1.165) is 0 Å². The molecule has 0 bridgehead atoms. The molecule has 1 atom stereocenters. The molecule has 0 spiro atoms. The van der Waals surface area contributed by atoms with Crippen molar-refractivity contribution in [2.45, 2.75) is 12.5 Å². The molecular weight excluding hydrogens is 244 g/mol. The Morgan fingerprint density at radius 3 is 2.29 bits per heavy atom. The SMILES string of the molecule is CC(N)(CO)c1c(Cl)ccc(Cl)c1Cl. The number of nitrogens with two attached hydrogens (primary N) is 1. The summed E-state index contributed by atoms with van der Waals surface area (Å²) in [5.74, 6) is 0. The molecule has 0 aliphatic heterocycles. The van der Waals surface area contributed by atoms with E-state index in [1.54, 1.807) is 19.1 Å². The van der Waals surface area contributed by atoms with E-state index in [-0.39, 0.29) is 6.61 Å². The van der Waals surface area contributed by atoms with Gasteiger partial charge in [-0.15, -0.1) is 0 Å². The van der Waals surface area contributed by atoms with E-state index in [9.17, 15) is 0 Å². The molecule has 0 aromatic heterocycles. The number of aliphatic hydroxyl groups excluding tert-OH is 1. The minimum atomic E-state index is -0.987. The van der Waals surface area contributed by atoms with E-state index < -0.39 is 5.54 Å². The van der Waals surface area contributed by atoms with Gasteiger partial charge in [0.05, 0.1) is 22.2 Å². The normalized spacial score (nSPS) is 15.3. The topological polar surface area (TPSA) is 46.2 Å². The molecule has 5 heteroatoms. The van der Waals surface area contributed by atoms with Crippen LogP contribution in [0.25, 0.3) is 0 Å². The van der Waals surface area contributed by atoms with Crippen molar-refractivity contribution in [3.63, 3.8) is 0 Å². The van der Waals surface area contributed by atoms with Crippen LogP contribution in [0.3, 0.4) is 0 Å². The van der Waals surface area contributed by atoms with Crippen molar-refractivity contribution in [3.8, 4) is 0 Å². The highest BCUT2D eigenvalue weighted by atomic mass is 35.5. The van der Waals surface area contributed by atoms with Crippen molar-refractivity contribution in [2.75, 3.05) is 6.61 Å².